The lowest BCUT2D eigenvalue weighted by Gasteiger charge is -2.14. The van der Waals surface area contributed by atoms with Gasteiger partial charge in [-0.15, -0.1) is 0 Å². The first-order valence-corrected chi connectivity index (χ1v) is 7.08. The van der Waals surface area contributed by atoms with Crippen LogP contribution >= 0.6 is 0 Å². The highest BCUT2D eigenvalue weighted by Gasteiger charge is 2.14. The number of nitrogen functional groups attached to an aromatic ring is 1. The zero-order chi connectivity index (χ0) is 13.5. The lowest BCUT2D eigenvalue weighted by Crippen LogP contribution is -2.01. The predicted molar refractivity (Wildman–Crippen MR) is 80.5 cm³/mol. The lowest BCUT2D eigenvalue weighted by molar-refractivity contribution is 0.617. The van der Waals surface area contributed by atoms with E-state index in [1.54, 1.807) is 0 Å². The summed E-state index contributed by atoms with van der Waals surface area (Å²) < 4.78 is 5.91. The number of nitrogens with zero attached hydrogens (tertiary/aromatic N) is 1. The van der Waals surface area contributed by atoms with Gasteiger partial charge in [0.15, 0.2) is 5.58 Å². The number of anilines is 1. The molecule has 20 heavy (non-hydrogen) atoms. The molecule has 0 unspecified atom stereocenters. The van der Waals surface area contributed by atoms with E-state index in [0.717, 1.165) is 35.2 Å². The SMILES string of the molecule is Nc1cccc(-c2nc3cc4c(cc3o2)CCCC4)c1. The summed E-state index contributed by atoms with van der Waals surface area (Å²) in [5, 5.41) is 0. The highest BCUT2D eigenvalue weighted by atomic mass is 16.3. The third-order valence-electron chi connectivity index (χ3n) is 3.99. The number of fused-ring (bicyclic) bond motifs is 2. The Morgan fingerprint density at radius 1 is 1.00 bits per heavy atom. The van der Waals surface area contributed by atoms with Gasteiger partial charge in [-0.05, 0) is 67.1 Å². The van der Waals surface area contributed by atoms with Crippen molar-refractivity contribution in [1.29, 1.82) is 0 Å². The van der Waals surface area contributed by atoms with E-state index in [-0.39, 0.29) is 0 Å². The summed E-state index contributed by atoms with van der Waals surface area (Å²) >= 11 is 0. The molecule has 0 bridgehead atoms. The van der Waals surface area contributed by atoms with Crippen molar-refractivity contribution in [2.75, 3.05) is 5.73 Å². The van der Waals surface area contributed by atoms with Crippen molar-refractivity contribution in [3.05, 3.63) is 47.5 Å². The number of nitrogens with two attached hydrogens (primary N) is 1. The molecule has 3 nitrogen and oxygen atoms in total. The maximum Gasteiger partial charge on any atom is 0.227 e. The van der Waals surface area contributed by atoms with Crippen LogP contribution in [-0.2, 0) is 12.8 Å². The second kappa shape index (κ2) is 4.37. The molecule has 1 aliphatic carbocycles. The van der Waals surface area contributed by atoms with Crippen LogP contribution in [0.1, 0.15) is 24.0 Å². The van der Waals surface area contributed by atoms with Gasteiger partial charge in [-0.25, -0.2) is 4.98 Å². The fraction of sp³-hybridized carbons (Fsp3) is 0.235. The van der Waals surface area contributed by atoms with E-state index in [1.165, 1.54) is 24.0 Å². The third kappa shape index (κ3) is 1.86. The van der Waals surface area contributed by atoms with Crippen LogP contribution in [0.3, 0.4) is 0 Å². The Hall–Kier alpha value is -2.29. The molecule has 1 aliphatic rings. The summed E-state index contributed by atoms with van der Waals surface area (Å²) in [6.07, 6.45) is 4.86. The van der Waals surface area contributed by atoms with E-state index in [1.807, 2.05) is 24.3 Å². The number of benzene rings is 2. The van der Waals surface area contributed by atoms with Crippen LogP contribution in [0.2, 0.25) is 0 Å². The molecule has 0 radical (unpaired) electrons. The summed E-state index contributed by atoms with van der Waals surface area (Å²) in [5.41, 5.74) is 12.1. The van der Waals surface area contributed by atoms with Gasteiger partial charge in [-0.3, -0.25) is 0 Å². The van der Waals surface area contributed by atoms with E-state index >= 15 is 0 Å². The average molecular weight is 264 g/mol. The largest absolute Gasteiger partial charge is 0.436 e. The molecule has 2 aromatic carbocycles. The van der Waals surface area contributed by atoms with Gasteiger partial charge < -0.3 is 10.2 Å². The molecule has 3 aromatic rings. The van der Waals surface area contributed by atoms with Crippen LogP contribution in [0, 0.1) is 0 Å². The topological polar surface area (TPSA) is 52.0 Å². The number of hydrogen-bond acceptors (Lipinski definition) is 3. The first-order valence-electron chi connectivity index (χ1n) is 7.08. The van der Waals surface area contributed by atoms with Crippen LogP contribution in [0.5, 0.6) is 0 Å². The van der Waals surface area contributed by atoms with Crippen LogP contribution < -0.4 is 5.73 Å². The smallest absolute Gasteiger partial charge is 0.227 e. The lowest BCUT2D eigenvalue weighted by atomic mass is 9.91. The zero-order valence-electron chi connectivity index (χ0n) is 11.2. The van der Waals surface area contributed by atoms with Crippen molar-refractivity contribution in [2.24, 2.45) is 0 Å². The van der Waals surface area contributed by atoms with Gasteiger partial charge >= 0.3 is 0 Å². The molecule has 3 heteroatoms. The molecule has 0 fully saturated rings. The number of aryl methyl sites for hydroxylation is 2. The quantitative estimate of drug-likeness (QED) is 0.677. The predicted octanol–water partition coefficient (Wildman–Crippen LogP) is 3.96. The van der Waals surface area contributed by atoms with Crippen molar-refractivity contribution in [2.45, 2.75) is 25.7 Å². The average Bonchev–Trinajstić information content (AvgIpc) is 2.87. The number of hydrogen-bond donors (Lipinski definition) is 1. The van der Waals surface area contributed by atoms with E-state index < -0.39 is 0 Å². The highest BCUT2D eigenvalue weighted by molar-refractivity contribution is 5.78. The molecule has 1 aromatic heterocycles. The van der Waals surface area contributed by atoms with Gasteiger partial charge in [0.05, 0.1) is 0 Å². The van der Waals surface area contributed by atoms with Gasteiger partial charge in [0.2, 0.25) is 5.89 Å². The van der Waals surface area contributed by atoms with Gasteiger partial charge in [0.1, 0.15) is 5.52 Å². The number of aromatic nitrogens is 1. The van der Waals surface area contributed by atoms with E-state index in [2.05, 4.69) is 17.1 Å². The summed E-state index contributed by atoms with van der Waals surface area (Å²) in [6, 6.07) is 12.0. The maximum atomic E-state index is 5.91. The third-order valence-corrected chi connectivity index (χ3v) is 3.99. The maximum absolute atomic E-state index is 5.91. The van der Waals surface area contributed by atoms with Crippen molar-refractivity contribution < 1.29 is 4.42 Å². The second-order valence-corrected chi connectivity index (χ2v) is 5.44. The highest BCUT2D eigenvalue weighted by Crippen LogP contribution is 2.30. The minimum atomic E-state index is 0.648. The zero-order valence-corrected chi connectivity index (χ0v) is 11.2. The summed E-state index contributed by atoms with van der Waals surface area (Å²) in [7, 11) is 0. The molecule has 100 valence electrons. The molecule has 1 heterocycles. The van der Waals surface area contributed by atoms with Gasteiger partial charge in [0.25, 0.3) is 0 Å². The fourth-order valence-corrected chi connectivity index (χ4v) is 2.95. The van der Waals surface area contributed by atoms with Crippen molar-refractivity contribution >= 4 is 16.8 Å². The minimum absolute atomic E-state index is 0.648. The second-order valence-electron chi connectivity index (χ2n) is 5.44. The Bertz CT molecular complexity index is 746. The summed E-state index contributed by atoms with van der Waals surface area (Å²) in [6.45, 7) is 0. The van der Waals surface area contributed by atoms with E-state index in [9.17, 15) is 0 Å². The van der Waals surface area contributed by atoms with Gasteiger partial charge in [0, 0.05) is 11.3 Å². The molecule has 0 atom stereocenters. The molecule has 0 aliphatic heterocycles. The van der Waals surface area contributed by atoms with Crippen LogP contribution in [0.15, 0.2) is 40.8 Å². The van der Waals surface area contributed by atoms with Crippen LogP contribution in [0.4, 0.5) is 5.69 Å². The molecular weight excluding hydrogens is 248 g/mol. The van der Waals surface area contributed by atoms with Crippen LogP contribution in [0.25, 0.3) is 22.6 Å². The standard InChI is InChI=1S/C17H16N2O/c18-14-7-3-6-13(8-14)17-19-15-9-11-4-1-2-5-12(11)10-16(15)20-17/h3,6-10H,1-2,4-5,18H2. The Kier molecular flexibility index (Phi) is 2.52. The van der Waals surface area contributed by atoms with Gasteiger partial charge in [-0.1, -0.05) is 6.07 Å². The first kappa shape index (κ1) is 11.5. The van der Waals surface area contributed by atoms with Gasteiger partial charge in [-0.2, -0.15) is 0 Å². The number of oxazole rings is 1. The van der Waals surface area contributed by atoms with Crippen LogP contribution in [-0.4, -0.2) is 4.98 Å². The van der Waals surface area contributed by atoms with Crippen molar-refractivity contribution in [1.82, 2.24) is 4.98 Å². The fourth-order valence-electron chi connectivity index (χ4n) is 2.95. The van der Waals surface area contributed by atoms with Crippen molar-refractivity contribution in [3.8, 4) is 11.5 Å². The van der Waals surface area contributed by atoms with E-state index in [4.69, 9.17) is 10.2 Å². The molecule has 4 rings (SSSR count). The number of rotatable bonds is 1. The Labute approximate surface area is 117 Å². The molecule has 2 N–H and O–H groups in total. The molecule has 0 saturated carbocycles. The van der Waals surface area contributed by atoms with E-state index in [0.29, 0.717) is 5.89 Å². The summed E-state index contributed by atoms with van der Waals surface area (Å²) in [5.74, 6) is 0.648. The molecule has 0 saturated heterocycles. The summed E-state index contributed by atoms with van der Waals surface area (Å²) in [4.78, 5) is 4.61. The normalized spacial score (nSPS) is 14.4. The Morgan fingerprint density at radius 3 is 2.60 bits per heavy atom. The minimum Gasteiger partial charge on any atom is -0.436 e. The molecular formula is C17H16N2O. The molecule has 0 spiro atoms. The van der Waals surface area contributed by atoms with Crippen molar-refractivity contribution in [3.63, 3.8) is 0 Å². The Morgan fingerprint density at radius 2 is 1.80 bits per heavy atom. The molecule has 0 amide bonds. The monoisotopic (exact) mass is 264 g/mol. The first-order chi connectivity index (χ1) is 9.79. The Balaban J connectivity index is 1.86.